The third-order valence-electron chi connectivity index (χ3n) is 3.14. The van der Waals surface area contributed by atoms with E-state index in [1.165, 1.54) is 0 Å². The molecule has 2 rings (SSSR count). The van der Waals surface area contributed by atoms with Gasteiger partial charge in [0.1, 0.15) is 0 Å². The van der Waals surface area contributed by atoms with Crippen molar-refractivity contribution < 1.29 is 9.90 Å². The van der Waals surface area contributed by atoms with Crippen LogP contribution in [0.1, 0.15) is 41.4 Å². The summed E-state index contributed by atoms with van der Waals surface area (Å²) in [6, 6.07) is 11.6. The summed E-state index contributed by atoms with van der Waals surface area (Å²) in [5.41, 5.74) is 3.69. The maximum absolute atomic E-state index is 11.2. The summed E-state index contributed by atoms with van der Waals surface area (Å²) < 4.78 is 0. The minimum Gasteiger partial charge on any atom is -0.478 e. The van der Waals surface area contributed by atoms with E-state index in [2.05, 4.69) is 4.98 Å². The molecular formula is C16H17NO2. The Kier molecular flexibility index (Phi) is 3.65. The molecule has 0 aliphatic rings. The maximum atomic E-state index is 11.2. The van der Waals surface area contributed by atoms with Crippen LogP contribution in [-0.4, -0.2) is 16.1 Å². The molecule has 0 radical (unpaired) electrons. The molecular weight excluding hydrogens is 238 g/mol. The Morgan fingerprint density at radius 1 is 1.21 bits per heavy atom. The highest BCUT2D eigenvalue weighted by atomic mass is 16.4. The molecule has 0 atom stereocenters. The van der Waals surface area contributed by atoms with E-state index in [1.54, 1.807) is 13.0 Å². The van der Waals surface area contributed by atoms with Crippen LogP contribution in [-0.2, 0) is 0 Å². The van der Waals surface area contributed by atoms with Gasteiger partial charge in [0.05, 0.1) is 17.0 Å². The lowest BCUT2D eigenvalue weighted by molar-refractivity contribution is 0.0695. The van der Waals surface area contributed by atoms with Crippen molar-refractivity contribution >= 4 is 5.97 Å². The van der Waals surface area contributed by atoms with Crippen LogP contribution in [0, 0.1) is 6.92 Å². The first kappa shape index (κ1) is 13.3. The van der Waals surface area contributed by atoms with Gasteiger partial charge < -0.3 is 5.11 Å². The number of hydrogen-bond donors (Lipinski definition) is 1. The van der Waals surface area contributed by atoms with Crippen molar-refractivity contribution in [2.24, 2.45) is 0 Å². The Morgan fingerprint density at radius 3 is 2.37 bits per heavy atom. The smallest absolute Gasteiger partial charge is 0.337 e. The predicted molar refractivity (Wildman–Crippen MR) is 75.5 cm³/mol. The van der Waals surface area contributed by atoms with Crippen molar-refractivity contribution in [3.05, 3.63) is 53.2 Å². The number of carboxylic acid groups (broad SMARTS) is 1. The van der Waals surface area contributed by atoms with E-state index in [4.69, 9.17) is 0 Å². The van der Waals surface area contributed by atoms with E-state index in [-0.39, 0.29) is 11.5 Å². The molecule has 0 spiro atoms. The van der Waals surface area contributed by atoms with Crippen molar-refractivity contribution in [3.8, 4) is 11.3 Å². The van der Waals surface area contributed by atoms with Crippen molar-refractivity contribution in [1.29, 1.82) is 0 Å². The van der Waals surface area contributed by atoms with Gasteiger partial charge in [0.2, 0.25) is 0 Å². The van der Waals surface area contributed by atoms with Crippen LogP contribution in [0.3, 0.4) is 0 Å². The molecule has 0 aliphatic carbocycles. The Bertz CT molecular complexity index is 604. The zero-order valence-electron chi connectivity index (χ0n) is 11.3. The zero-order valence-corrected chi connectivity index (χ0v) is 11.3. The third kappa shape index (κ3) is 2.65. The van der Waals surface area contributed by atoms with Gasteiger partial charge in [0, 0.05) is 5.56 Å². The van der Waals surface area contributed by atoms with Gasteiger partial charge in [-0.25, -0.2) is 4.79 Å². The fraction of sp³-hybridized carbons (Fsp3) is 0.250. The summed E-state index contributed by atoms with van der Waals surface area (Å²) in [7, 11) is 0. The number of carbonyl (C=O) groups is 1. The van der Waals surface area contributed by atoms with Gasteiger partial charge in [-0.05, 0) is 24.5 Å². The average Bonchev–Trinajstić information content (AvgIpc) is 2.38. The number of aryl methyl sites for hydroxylation is 1. The molecule has 0 amide bonds. The quantitative estimate of drug-likeness (QED) is 0.905. The number of benzene rings is 1. The highest BCUT2D eigenvalue weighted by molar-refractivity contribution is 5.89. The van der Waals surface area contributed by atoms with Gasteiger partial charge in [-0.15, -0.1) is 0 Å². The summed E-state index contributed by atoms with van der Waals surface area (Å²) in [6.07, 6.45) is 0. The first-order valence-electron chi connectivity index (χ1n) is 6.31. The highest BCUT2D eigenvalue weighted by Crippen LogP contribution is 2.29. The van der Waals surface area contributed by atoms with Crippen LogP contribution in [0.2, 0.25) is 0 Å². The van der Waals surface area contributed by atoms with Gasteiger partial charge in [0.25, 0.3) is 0 Å². The minimum atomic E-state index is -0.925. The molecule has 19 heavy (non-hydrogen) atoms. The molecule has 0 unspecified atom stereocenters. The first-order chi connectivity index (χ1) is 9.00. The standard InChI is InChI=1S/C16H17NO2/c1-10(2)13-9-14(16(18)19)11(3)17-15(13)12-7-5-4-6-8-12/h4-10H,1-3H3,(H,18,19). The van der Waals surface area contributed by atoms with Crippen molar-refractivity contribution in [3.63, 3.8) is 0 Å². The topological polar surface area (TPSA) is 50.2 Å². The molecule has 1 aromatic heterocycles. The van der Waals surface area contributed by atoms with Crippen molar-refractivity contribution in [2.45, 2.75) is 26.7 Å². The van der Waals surface area contributed by atoms with E-state index >= 15 is 0 Å². The molecule has 2 aromatic rings. The largest absolute Gasteiger partial charge is 0.478 e. The van der Waals surface area contributed by atoms with Gasteiger partial charge in [0.15, 0.2) is 0 Å². The maximum Gasteiger partial charge on any atom is 0.337 e. The normalized spacial score (nSPS) is 10.7. The van der Waals surface area contributed by atoms with Gasteiger partial charge in [-0.2, -0.15) is 0 Å². The molecule has 1 aromatic carbocycles. The highest BCUT2D eigenvalue weighted by Gasteiger charge is 2.16. The summed E-state index contributed by atoms with van der Waals surface area (Å²) in [5, 5.41) is 9.19. The van der Waals surface area contributed by atoms with Crippen molar-refractivity contribution in [2.75, 3.05) is 0 Å². The Hall–Kier alpha value is -2.16. The first-order valence-corrected chi connectivity index (χ1v) is 6.31. The molecule has 1 heterocycles. The van der Waals surface area contributed by atoms with Crippen LogP contribution < -0.4 is 0 Å². The number of hydrogen-bond acceptors (Lipinski definition) is 2. The molecule has 1 N–H and O–H groups in total. The zero-order chi connectivity index (χ0) is 14.0. The number of carboxylic acids is 1. The van der Waals surface area contributed by atoms with E-state index < -0.39 is 5.97 Å². The second-order valence-corrected chi connectivity index (χ2v) is 4.89. The van der Waals surface area contributed by atoms with Crippen LogP contribution in [0.25, 0.3) is 11.3 Å². The molecule has 0 aliphatic heterocycles. The lowest BCUT2D eigenvalue weighted by atomic mass is 9.94. The minimum absolute atomic E-state index is 0.224. The Labute approximate surface area is 112 Å². The Balaban J connectivity index is 2.67. The van der Waals surface area contributed by atoms with E-state index in [0.29, 0.717) is 5.69 Å². The third-order valence-corrected chi connectivity index (χ3v) is 3.14. The second kappa shape index (κ2) is 5.22. The molecule has 98 valence electrons. The molecule has 0 bridgehead atoms. The summed E-state index contributed by atoms with van der Waals surface area (Å²) in [5.74, 6) is -0.701. The molecule has 0 saturated heterocycles. The van der Waals surface area contributed by atoms with Crippen LogP contribution in [0.5, 0.6) is 0 Å². The summed E-state index contributed by atoms with van der Waals surface area (Å²) in [6.45, 7) is 5.83. The Morgan fingerprint density at radius 2 is 1.84 bits per heavy atom. The number of pyridine rings is 1. The van der Waals surface area contributed by atoms with E-state index in [0.717, 1.165) is 16.8 Å². The summed E-state index contributed by atoms with van der Waals surface area (Å²) in [4.78, 5) is 15.7. The van der Waals surface area contributed by atoms with Crippen LogP contribution >= 0.6 is 0 Å². The summed E-state index contributed by atoms with van der Waals surface area (Å²) >= 11 is 0. The van der Waals surface area contributed by atoms with Gasteiger partial charge in [-0.1, -0.05) is 44.2 Å². The van der Waals surface area contributed by atoms with Gasteiger partial charge >= 0.3 is 5.97 Å². The van der Waals surface area contributed by atoms with E-state index in [1.807, 2.05) is 44.2 Å². The fourth-order valence-corrected chi connectivity index (χ4v) is 2.10. The average molecular weight is 255 g/mol. The fourth-order valence-electron chi connectivity index (χ4n) is 2.10. The lowest BCUT2D eigenvalue weighted by Gasteiger charge is -2.14. The molecule has 3 nitrogen and oxygen atoms in total. The lowest BCUT2D eigenvalue weighted by Crippen LogP contribution is -2.06. The SMILES string of the molecule is Cc1nc(-c2ccccc2)c(C(C)C)cc1C(=O)O. The molecule has 0 saturated carbocycles. The monoisotopic (exact) mass is 255 g/mol. The van der Waals surface area contributed by atoms with E-state index in [9.17, 15) is 9.90 Å². The number of aromatic carboxylic acids is 1. The number of nitrogens with zero attached hydrogens (tertiary/aromatic N) is 1. The second-order valence-electron chi connectivity index (χ2n) is 4.89. The molecule has 3 heteroatoms. The van der Waals surface area contributed by atoms with Crippen molar-refractivity contribution in [1.82, 2.24) is 4.98 Å². The van der Waals surface area contributed by atoms with Crippen LogP contribution in [0.4, 0.5) is 0 Å². The number of aromatic nitrogens is 1. The predicted octanol–water partition coefficient (Wildman–Crippen LogP) is 3.88. The molecule has 0 fully saturated rings. The number of rotatable bonds is 3. The van der Waals surface area contributed by atoms with Gasteiger partial charge in [-0.3, -0.25) is 4.98 Å². The van der Waals surface area contributed by atoms with Crippen LogP contribution in [0.15, 0.2) is 36.4 Å².